The van der Waals surface area contributed by atoms with Crippen LogP contribution >= 0.6 is 0 Å². The summed E-state index contributed by atoms with van der Waals surface area (Å²) in [4.78, 5) is 13.1. The van der Waals surface area contributed by atoms with Crippen LogP contribution in [0.3, 0.4) is 0 Å². The van der Waals surface area contributed by atoms with Gasteiger partial charge < -0.3 is 16.4 Å². The molecule has 0 heterocycles. The Morgan fingerprint density at radius 2 is 2.07 bits per heavy atom. The van der Waals surface area contributed by atoms with E-state index in [1.165, 1.54) is 0 Å². The second-order valence-corrected chi connectivity index (χ2v) is 3.52. The number of nitrogens with two attached hydrogens (primary N) is 2. The SMILES string of the molecule is CN(C)Cc1ccc(N)cc1C(N)=O. The third kappa shape index (κ3) is 2.47. The number of amides is 1. The lowest BCUT2D eigenvalue weighted by molar-refractivity contribution is 0.0999. The van der Waals surface area contributed by atoms with Crippen LogP contribution in [-0.2, 0) is 6.54 Å². The lowest BCUT2D eigenvalue weighted by atomic mass is 10.1. The van der Waals surface area contributed by atoms with Gasteiger partial charge in [0.1, 0.15) is 0 Å². The van der Waals surface area contributed by atoms with Crippen molar-refractivity contribution in [3.05, 3.63) is 29.3 Å². The molecule has 0 aliphatic rings. The third-order valence-electron chi connectivity index (χ3n) is 1.89. The van der Waals surface area contributed by atoms with Gasteiger partial charge in [-0.2, -0.15) is 0 Å². The number of rotatable bonds is 3. The van der Waals surface area contributed by atoms with Crippen molar-refractivity contribution in [2.24, 2.45) is 5.73 Å². The molecule has 4 nitrogen and oxygen atoms in total. The van der Waals surface area contributed by atoms with E-state index in [4.69, 9.17) is 11.5 Å². The number of hydrogen-bond donors (Lipinski definition) is 2. The first-order valence-corrected chi connectivity index (χ1v) is 4.33. The summed E-state index contributed by atoms with van der Waals surface area (Å²) in [7, 11) is 3.86. The fraction of sp³-hybridized carbons (Fsp3) is 0.300. The van der Waals surface area contributed by atoms with E-state index in [9.17, 15) is 4.79 Å². The Bertz CT molecular complexity index is 347. The summed E-state index contributed by atoms with van der Waals surface area (Å²) in [5.41, 5.74) is 12.8. The van der Waals surface area contributed by atoms with Crippen LogP contribution in [0, 0.1) is 0 Å². The summed E-state index contributed by atoms with van der Waals surface area (Å²) < 4.78 is 0. The molecule has 76 valence electrons. The number of carbonyl (C=O) groups is 1. The number of carbonyl (C=O) groups excluding carboxylic acids is 1. The molecule has 0 aromatic heterocycles. The molecule has 0 bridgehead atoms. The molecule has 0 fully saturated rings. The minimum absolute atomic E-state index is 0.436. The highest BCUT2D eigenvalue weighted by Crippen LogP contribution is 2.14. The maximum Gasteiger partial charge on any atom is 0.249 e. The molecule has 0 saturated heterocycles. The predicted octanol–water partition coefficient (Wildman–Crippen LogP) is 0.429. The summed E-state index contributed by atoms with van der Waals surface area (Å²) >= 11 is 0. The molecule has 0 unspecified atom stereocenters. The Labute approximate surface area is 83.5 Å². The van der Waals surface area contributed by atoms with Crippen molar-refractivity contribution in [1.82, 2.24) is 4.90 Å². The average molecular weight is 193 g/mol. The Hall–Kier alpha value is -1.55. The summed E-state index contributed by atoms with van der Waals surface area (Å²) in [6.07, 6.45) is 0. The van der Waals surface area contributed by atoms with Crippen molar-refractivity contribution in [3.8, 4) is 0 Å². The van der Waals surface area contributed by atoms with E-state index < -0.39 is 5.91 Å². The highest BCUT2D eigenvalue weighted by molar-refractivity contribution is 5.95. The molecular weight excluding hydrogens is 178 g/mol. The molecule has 0 aliphatic carbocycles. The number of benzene rings is 1. The van der Waals surface area contributed by atoms with Crippen molar-refractivity contribution in [2.75, 3.05) is 19.8 Å². The topological polar surface area (TPSA) is 72.3 Å². The molecule has 4 N–H and O–H groups in total. The lowest BCUT2D eigenvalue weighted by Crippen LogP contribution is -2.18. The zero-order chi connectivity index (χ0) is 10.7. The van der Waals surface area contributed by atoms with E-state index in [0.29, 0.717) is 17.8 Å². The van der Waals surface area contributed by atoms with Crippen molar-refractivity contribution in [2.45, 2.75) is 6.54 Å². The molecule has 0 saturated carbocycles. The van der Waals surface area contributed by atoms with Crippen LogP contribution < -0.4 is 11.5 Å². The maximum atomic E-state index is 11.1. The Balaban J connectivity index is 3.08. The molecule has 0 aliphatic heterocycles. The molecule has 1 rings (SSSR count). The zero-order valence-corrected chi connectivity index (χ0v) is 8.45. The van der Waals surface area contributed by atoms with E-state index in [1.807, 2.05) is 25.1 Å². The van der Waals surface area contributed by atoms with Crippen LogP contribution in [0.15, 0.2) is 18.2 Å². The molecule has 1 amide bonds. The van der Waals surface area contributed by atoms with Crippen LogP contribution in [0.4, 0.5) is 5.69 Å². The first kappa shape index (κ1) is 10.5. The monoisotopic (exact) mass is 193 g/mol. The molecule has 0 radical (unpaired) electrons. The molecule has 1 aromatic carbocycles. The lowest BCUT2D eigenvalue weighted by Gasteiger charge is -2.12. The minimum Gasteiger partial charge on any atom is -0.399 e. The zero-order valence-electron chi connectivity index (χ0n) is 8.45. The highest BCUT2D eigenvalue weighted by atomic mass is 16.1. The standard InChI is InChI=1S/C10H15N3O/c1-13(2)6-7-3-4-8(11)5-9(7)10(12)14/h3-5H,6,11H2,1-2H3,(H2,12,14). The number of anilines is 1. The van der Waals surface area contributed by atoms with Crippen molar-refractivity contribution in [3.63, 3.8) is 0 Å². The number of nitrogens with zero attached hydrogens (tertiary/aromatic N) is 1. The van der Waals surface area contributed by atoms with Crippen LogP contribution in [0.2, 0.25) is 0 Å². The third-order valence-corrected chi connectivity index (χ3v) is 1.89. The second kappa shape index (κ2) is 4.11. The van der Waals surface area contributed by atoms with Crippen molar-refractivity contribution in [1.29, 1.82) is 0 Å². The van der Waals surface area contributed by atoms with Gasteiger partial charge in [-0.05, 0) is 31.8 Å². The van der Waals surface area contributed by atoms with Crippen LogP contribution in [0.1, 0.15) is 15.9 Å². The maximum absolute atomic E-state index is 11.1. The van der Waals surface area contributed by atoms with Gasteiger partial charge in [-0.25, -0.2) is 0 Å². The van der Waals surface area contributed by atoms with Gasteiger partial charge in [0.05, 0.1) is 0 Å². The van der Waals surface area contributed by atoms with Gasteiger partial charge in [0.2, 0.25) is 5.91 Å². The van der Waals surface area contributed by atoms with Crippen LogP contribution in [-0.4, -0.2) is 24.9 Å². The molecule has 0 atom stereocenters. The number of hydrogen-bond acceptors (Lipinski definition) is 3. The number of nitrogen functional groups attached to an aromatic ring is 1. The first-order valence-electron chi connectivity index (χ1n) is 4.33. The summed E-state index contributed by atoms with van der Waals surface area (Å²) in [5.74, 6) is -0.436. The molecule has 1 aromatic rings. The van der Waals surface area contributed by atoms with Gasteiger partial charge in [-0.15, -0.1) is 0 Å². The average Bonchev–Trinajstić information content (AvgIpc) is 2.07. The Kier molecular flexibility index (Phi) is 3.09. The van der Waals surface area contributed by atoms with E-state index in [1.54, 1.807) is 12.1 Å². The van der Waals surface area contributed by atoms with Gasteiger partial charge in [-0.1, -0.05) is 6.07 Å². The normalized spacial score (nSPS) is 10.5. The van der Waals surface area contributed by atoms with E-state index in [-0.39, 0.29) is 0 Å². The van der Waals surface area contributed by atoms with E-state index in [0.717, 1.165) is 5.56 Å². The van der Waals surface area contributed by atoms with Crippen LogP contribution in [0.25, 0.3) is 0 Å². The van der Waals surface area contributed by atoms with Gasteiger partial charge in [-0.3, -0.25) is 4.79 Å². The van der Waals surface area contributed by atoms with Crippen LogP contribution in [0.5, 0.6) is 0 Å². The molecule has 0 spiro atoms. The molecule has 14 heavy (non-hydrogen) atoms. The Morgan fingerprint density at radius 3 is 2.57 bits per heavy atom. The summed E-state index contributed by atoms with van der Waals surface area (Å²) in [6, 6.07) is 5.21. The molecular formula is C10H15N3O. The van der Waals surface area contributed by atoms with Gasteiger partial charge in [0.15, 0.2) is 0 Å². The largest absolute Gasteiger partial charge is 0.399 e. The number of primary amides is 1. The fourth-order valence-electron chi connectivity index (χ4n) is 1.30. The second-order valence-electron chi connectivity index (χ2n) is 3.52. The van der Waals surface area contributed by atoms with Crippen molar-refractivity contribution >= 4 is 11.6 Å². The van der Waals surface area contributed by atoms with Gasteiger partial charge in [0.25, 0.3) is 0 Å². The smallest absolute Gasteiger partial charge is 0.249 e. The Morgan fingerprint density at radius 1 is 1.43 bits per heavy atom. The van der Waals surface area contributed by atoms with Gasteiger partial charge >= 0.3 is 0 Å². The summed E-state index contributed by atoms with van der Waals surface area (Å²) in [5, 5.41) is 0. The van der Waals surface area contributed by atoms with E-state index >= 15 is 0 Å². The molecule has 4 heteroatoms. The minimum atomic E-state index is -0.436. The quantitative estimate of drug-likeness (QED) is 0.684. The van der Waals surface area contributed by atoms with Gasteiger partial charge in [0, 0.05) is 17.8 Å². The van der Waals surface area contributed by atoms with E-state index in [2.05, 4.69) is 0 Å². The predicted molar refractivity (Wildman–Crippen MR) is 56.8 cm³/mol. The fourth-order valence-corrected chi connectivity index (χ4v) is 1.30. The highest BCUT2D eigenvalue weighted by Gasteiger charge is 2.08. The van der Waals surface area contributed by atoms with Crippen molar-refractivity contribution < 1.29 is 4.79 Å². The first-order chi connectivity index (χ1) is 6.50. The summed E-state index contributed by atoms with van der Waals surface area (Å²) in [6.45, 7) is 0.679.